The Balaban J connectivity index is 1.54. The van der Waals surface area contributed by atoms with E-state index in [1.165, 1.54) is 4.90 Å². The van der Waals surface area contributed by atoms with Gasteiger partial charge in [-0.15, -0.1) is 0 Å². The molecule has 2 heterocycles. The number of ether oxygens (including phenoxy) is 1. The van der Waals surface area contributed by atoms with Crippen molar-refractivity contribution < 1.29 is 32.3 Å². The van der Waals surface area contributed by atoms with Gasteiger partial charge in [-0.3, -0.25) is 19.1 Å². The molecule has 236 valence electrons. The molecular weight excluding hydrogens is 596 g/mol. The topological polar surface area (TPSA) is 151 Å². The molecule has 2 fully saturated rings. The summed E-state index contributed by atoms with van der Waals surface area (Å²) in [5, 5.41) is 5.78. The minimum absolute atomic E-state index is 0.228. The summed E-state index contributed by atoms with van der Waals surface area (Å²) in [7, 11) is -4.13. The van der Waals surface area contributed by atoms with Crippen molar-refractivity contribution in [3.8, 4) is 0 Å². The molecule has 2 aliphatic heterocycles. The molecule has 4 unspecified atom stereocenters. The fourth-order valence-corrected chi connectivity index (χ4v) is 7.11. The van der Waals surface area contributed by atoms with Crippen LogP contribution in [0.4, 0.5) is 4.79 Å². The van der Waals surface area contributed by atoms with E-state index in [9.17, 15) is 27.6 Å². The number of nitrogens with zero attached hydrogens (tertiary/aromatic N) is 1. The number of nitrogens with one attached hydrogen (secondary N) is 3. The number of rotatable bonds is 5. The summed E-state index contributed by atoms with van der Waals surface area (Å²) in [6.45, 7) is 5.52. The van der Waals surface area contributed by atoms with E-state index in [4.69, 9.17) is 16.3 Å². The van der Waals surface area contributed by atoms with Gasteiger partial charge in [0.15, 0.2) is 0 Å². The number of hydrogen-bond acceptors (Lipinski definition) is 7. The Hall–Kier alpha value is -3.12. The van der Waals surface area contributed by atoms with Crippen molar-refractivity contribution in [2.24, 2.45) is 5.92 Å². The smallest absolute Gasteiger partial charge is 0.408 e. The summed E-state index contributed by atoms with van der Waals surface area (Å²) in [4.78, 5) is 54.9. The maximum atomic E-state index is 13.7. The first-order chi connectivity index (χ1) is 20.2. The second kappa shape index (κ2) is 13.3. The van der Waals surface area contributed by atoms with E-state index in [2.05, 4.69) is 15.4 Å². The Morgan fingerprint density at radius 1 is 1.12 bits per heavy atom. The largest absolute Gasteiger partial charge is 0.444 e. The molecule has 3 aliphatic rings. The monoisotopic (exact) mass is 636 g/mol. The summed E-state index contributed by atoms with van der Waals surface area (Å²) >= 11 is 6.13. The van der Waals surface area contributed by atoms with Gasteiger partial charge in [0, 0.05) is 17.5 Å². The van der Waals surface area contributed by atoms with Gasteiger partial charge in [0.05, 0.1) is 5.75 Å². The number of carbonyl (C=O) groups is 4. The first kappa shape index (κ1) is 32.8. The number of fused-ring (bicyclic) bond motifs is 2. The van der Waals surface area contributed by atoms with Gasteiger partial charge in [-0.25, -0.2) is 13.2 Å². The van der Waals surface area contributed by atoms with Crippen molar-refractivity contribution in [1.82, 2.24) is 20.3 Å². The lowest BCUT2D eigenvalue weighted by atomic mass is 10.0. The van der Waals surface area contributed by atoms with E-state index in [1.807, 2.05) is 12.2 Å². The Morgan fingerprint density at radius 3 is 2.58 bits per heavy atom. The van der Waals surface area contributed by atoms with E-state index in [0.717, 1.165) is 12.8 Å². The van der Waals surface area contributed by atoms with Crippen LogP contribution in [0.25, 0.3) is 0 Å². The van der Waals surface area contributed by atoms with Crippen molar-refractivity contribution >= 4 is 45.4 Å². The van der Waals surface area contributed by atoms with E-state index in [0.29, 0.717) is 44.2 Å². The molecule has 0 aromatic heterocycles. The fraction of sp³-hybridized carbons (Fsp3) is 0.600. The average Bonchev–Trinajstić information content (AvgIpc) is 3.36. The van der Waals surface area contributed by atoms with Crippen LogP contribution in [0.15, 0.2) is 36.4 Å². The summed E-state index contributed by atoms with van der Waals surface area (Å²) in [6.07, 6.45) is 7.67. The van der Waals surface area contributed by atoms with Crippen LogP contribution in [0.5, 0.6) is 0 Å². The molecule has 1 aromatic rings. The number of carbonyl (C=O) groups excluding carboxylic acids is 4. The molecule has 3 N–H and O–H groups in total. The quantitative estimate of drug-likeness (QED) is 0.418. The highest BCUT2D eigenvalue weighted by atomic mass is 35.5. The lowest BCUT2D eigenvalue weighted by Gasteiger charge is -2.30. The molecule has 1 saturated heterocycles. The first-order valence-electron chi connectivity index (χ1n) is 14.8. The second-order valence-electron chi connectivity index (χ2n) is 12.5. The van der Waals surface area contributed by atoms with Gasteiger partial charge in [-0.2, -0.15) is 0 Å². The Morgan fingerprint density at radius 2 is 1.86 bits per heavy atom. The van der Waals surface area contributed by atoms with Crippen molar-refractivity contribution in [2.45, 2.75) is 101 Å². The van der Waals surface area contributed by atoms with Crippen LogP contribution < -0.4 is 15.4 Å². The Labute approximate surface area is 258 Å². The zero-order chi connectivity index (χ0) is 31.4. The molecule has 4 amide bonds. The first-order valence-corrected chi connectivity index (χ1v) is 16.8. The van der Waals surface area contributed by atoms with Gasteiger partial charge in [-0.05, 0) is 70.9 Å². The molecule has 11 nitrogen and oxygen atoms in total. The van der Waals surface area contributed by atoms with Crippen molar-refractivity contribution in [1.29, 1.82) is 0 Å². The maximum absolute atomic E-state index is 13.7. The van der Waals surface area contributed by atoms with Crippen LogP contribution in [0.1, 0.15) is 77.7 Å². The van der Waals surface area contributed by atoms with Crippen molar-refractivity contribution in [3.63, 3.8) is 0 Å². The minimum atomic E-state index is -4.13. The van der Waals surface area contributed by atoms with Crippen LogP contribution in [0.2, 0.25) is 5.02 Å². The third kappa shape index (κ3) is 8.50. The fourth-order valence-electron chi connectivity index (χ4n) is 5.63. The van der Waals surface area contributed by atoms with E-state index >= 15 is 0 Å². The molecule has 1 saturated carbocycles. The maximum Gasteiger partial charge on any atom is 0.408 e. The molecule has 43 heavy (non-hydrogen) atoms. The van der Waals surface area contributed by atoms with Crippen LogP contribution in [-0.4, -0.2) is 66.9 Å². The van der Waals surface area contributed by atoms with E-state index in [-0.39, 0.29) is 17.4 Å². The third-order valence-electron chi connectivity index (χ3n) is 7.88. The van der Waals surface area contributed by atoms with E-state index < -0.39 is 62.8 Å². The summed E-state index contributed by atoms with van der Waals surface area (Å²) in [5.41, 5.74) is -1.87. The SMILES string of the molecule is CC(C)(C)OC(=O)NC1CCCCCC=CC2CC2(C(=O)NS(=O)(=O)Cc2ccccc2Cl)NC(=O)C2CCCN2C1=O. The molecule has 0 spiro atoms. The molecule has 4 rings (SSSR count). The number of halogens is 1. The van der Waals surface area contributed by atoms with Gasteiger partial charge in [0.1, 0.15) is 23.2 Å². The average molecular weight is 637 g/mol. The highest BCUT2D eigenvalue weighted by Gasteiger charge is 2.61. The molecule has 0 bridgehead atoms. The molecule has 1 aliphatic carbocycles. The molecular formula is C30H41ClN4O7S. The Bertz CT molecular complexity index is 1380. The second-order valence-corrected chi connectivity index (χ2v) is 14.6. The molecule has 13 heteroatoms. The molecule has 4 atom stereocenters. The predicted octanol–water partition coefficient (Wildman–Crippen LogP) is 3.57. The van der Waals surface area contributed by atoms with Crippen LogP contribution in [-0.2, 0) is 34.9 Å². The van der Waals surface area contributed by atoms with Gasteiger partial charge >= 0.3 is 6.09 Å². The number of benzene rings is 1. The number of allylic oxidation sites excluding steroid dienone is 1. The lowest BCUT2D eigenvalue weighted by molar-refractivity contribution is -0.141. The summed E-state index contributed by atoms with van der Waals surface area (Å²) in [5.74, 6) is -2.65. The van der Waals surface area contributed by atoms with Crippen LogP contribution >= 0.6 is 11.6 Å². The van der Waals surface area contributed by atoms with Gasteiger partial charge in [0.25, 0.3) is 5.91 Å². The van der Waals surface area contributed by atoms with Gasteiger partial charge in [0.2, 0.25) is 21.8 Å². The summed E-state index contributed by atoms with van der Waals surface area (Å²) in [6, 6.07) is 4.73. The highest BCUT2D eigenvalue weighted by molar-refractivity contribution is 7.89. The zero-order valence-electron chi connectivity index (χ0n) is 24.9. The number of alkyl carbamates (subject to hydrolysis) is 1. The molecule has 1 aromatic carbocycles. The Kier molecular flexibility index (Phi) is 10.1. The predicted molar refractivity (Wildman–Crippen MR) is 161 cm³/mol. The zero-order valence-corrected chi connectivity index (χ0v) is 26.4. The van der Waals surface area contributed by atoms with Crippen molar-refractivity contribution in [2.75, 3.05) is 6.54 Å². The van der Waals surface area contributed by atoms with Crippen LogP contribution in [0, 0.1) is 5.92 Å². The highest BCUT2D eigenvalue weighted by Crippen LogP contribution is 2.45. The van der Waals surface area contributed by atoms with Crippen molar-refractivity contribution in [3.05, 3.63) is 47.0 Å². The van der Waals surface area contributed by atoms with Gasteiger partial charge < -0.3 is 20.3 Å². The number of hydrogen-bond donors (Lipinski definition) is 3. The lowest BCUT2D eigenvalue weighted by Crippen LogP contribution is -2.58. The normalized spacial score (nSPS) is 26.7. The standard InChI is InChI=1S/C30H41ClN4O7S/c1-29(2,3)42-28(39)32-23-15-8-6-4-5-7-13-21-18-30(21,33-25(36)24-16-11-17-35(24)26(23)37)27(38)34-43(40,41)19-20-12-9-10-14-22(20)31/h7,9-10,12-14,21,23-24H,4-6,8,11,15-19H2,1-3H3,(H,32,39)(H,33,36)(H,34,38). The van der Waals surface area contributed by atoms with E-state index in [1.54, 1.807) is 45.0 Å². The van der Waals surface area contributed by atoms with Crippen LogP contribution in [0.3, 0.4) is 0 Å². The number of sulfonamides is 1. The molecule has 0 radical (unpaired) electrons. The summed E-state index contributed by atoms with van der Waals surface area (Å²) < 4.78 is 33.5. The minimum Gasteiger partial charge on any atom is -0.444 e. The third-order valence-corrected chi connectivity index (χ3v) is 9.43. The van der Waals surface area contributed by atoms with Gasteiger partial charge in [-0.1, -0.05) is 54.8 Å². The number of amides is 4.